The molecule has 2 N–H and O–H groups in total. The average Bonchev–Trinajstić information content (AvgIpc) is 2.09. The van der Waals surface area contributed by atoms with Crippen LogP contribution in [0, 0.1) is 0 Å². The molecule has 0 fully saturated rings. The lowest BCUT2D eigenvalue weighted by Gasteiger charge is -2.05. The Morgan fingerprint density at radius 3 is 2.85 bits per heavy atom. The fraction of sp³-hybridized carbons (Fsp3) is 0.333. The van der Waals surface area contributed by atoms with E-state index in [4.69, 9.17) is 16.7 Å². The zero-order valence-electron chi connectivity index (χ0n) is 7.06. The molecule has 2 nitrogen and oxygen atoms in total. The molecule has 0 unspecified atom stereocenters. The first-order chi connectivity index (χ1) is 6.24. The summed E-state index contributed by atoms with van der Waals surface area (Å²) in [7, 11) is 0. The normalized spacial score (nSPS) is 10.4. The molecule has 0 saturated carbocycles. The van der Waals surface area contributed by atoms with Crippen molar-refractivity contribution >= 4 is 27.5 Å². The molecule has 1 aromatic rings. The molecule has 0 aliphatic heterocycles. The summed E-state index contributed by atoms with van der Waals surface area (Å²) in [6.45, 7) is 1.42. The number of aliphatic hydroxyl groups excluding tert-OH is 1. The highest BCUT2D eigenvalue weighted by molar-refractivity contribution is 9.10. The van der Waals surface area contributed by atoms with E-state index < -0.39 is 0 Å². The number of nitrogens with one attached hydrogen (secondary N) is 1. The maximum atomic E-state index is 8.55. The van der Waals surface area contributed by atoms with E-state index in [0.29, 0.717) is 13.1 Å². The van der Waals surface area contributed by atoms with Gasteiger partial charge >= 0.3 is 0 Å². The molecule has 0 aliphatic carbocycles. The van der Waals surface area contributed by atoms with Crippen molar-refractivity contribution in [2.24, 2.45) is 0 Å². The van der Waals surface area contributed by atoms with Gasteiger partial charge in [-0.2, -0.15) is 0 Å². The van der Waals surface area contributed by atoms with Gasteiger partial charge in [-0.3, -0.25) is 0 Å². The first kappa shape index (κ1) is 11.0. The Morgan fingerprint density at radius 1 is 1.46 bits per heavy atom. The summed E-state index contributed by atoms with van der Waals surface area (Å²) in [5.41, 5.74) is 1.04. The summed E-state index contributed by atoms with van der Waals surface area (Å²) in [6.07, 6.45) is 0. The minimum atomic E-state index is 0.147. The summed E-state index contributed by atoms with van der Waals surface area (Å²) in [6, 6.07) is 5.76. The van der Waals surface area contributed by atoms with E-state index in [1.54, 1.807) is 0 Å². The Kier molecular flexibility index (Phi) is 4.73. The Bertz CT molecular complexity index is 280. The highest BCUT2D eigenvalue weighted by Gasteiger charge is 1.99. The van der Waals surface area contributed by atoms with Gasteiger partial charge in [-0.25, -0.2) is 0 Å². The minimum absolute atomic E-state index is 0.147. The SMILES string of the molecule is OCCNCc1ccc(Br)cc1Cl. The summed E-state index contributed by atoms with van der Waals surface area (Å²) >= 11 is 9.31. The van der Waals surface area contributed by atoms with Gasteiger partial charge < -0.3 is 10.4 Å². The monoisotopic (exact) mass is 263 g/mol. The van der Waals surface area contributed by atoms with Crippen molar-refractivity contribution in [3.63, 3.8) is 0 Å². The second-order valence-corrected chi connectivity index (χ2v) is 3.96. The number of aliphatic hydroxyl groups is 1. The van der Waals surface area contributed by atoms with Crippen LogP contribution in [-0.4, -0.2) is 18.3 Å². The molecule has 0 saturated heterocycles. The number of hydrogen-bond donors (Lipinski definition) is 2. The molecule has 72 valence electrons. The van der Waals surface area contributed by atoms with E-state index in [1.807, 2.05) is 18.2 Å². The van der Waals surface area contributed by atoms with Crippen molar-refractivity contribution in [2.45, 2.75) is 6.54 Å². The van der Waals surface area contributed by atoms with Gasteiger partial charge in [-0.1, -0.05) is 33.6 Å². The van der Waals surface area contributed by atoms with E-state index in [0.717, 1.165) is 15.1 Å². The Hall–Kier alpha value is -0.0900. The van der Waals surface area contributed by atoms with Gasteiger partial charge in [-0.15, -0.1) is 0 Å². The standard InChI is InChI=1S/C9H11BrClNO/c10-8-2-1-7(9(11)5-8)6-12-3-4-13/h1-2,5,12-13H,3-4,6H2. The topological polar surface area (TPSA) is 32.3 Å². The molecule has 0 atom stereocenters. The van der Waals surface area contributed by atoms with Crippen LogP contribution in [0.2, 0.25) is 5.02 Å². The fourth-order valence-corrected chi connectivity index (χ4v) is 1.71. The maximum Gasteiger partial charge on any atom is 0.0556 e. The predicted molar refractivity (Wildman–Crippen MR) is 57.9 cm³/mol. The third kappa shape index (κ3) is 3.65. The van der Waals surface area contributed by atoms with Crippen molar-refractivity contribution in [3.05, 3.63) is 33.3 Å². The number of benzene rings is 1. The molecule has 13 heavy (non-hydrogen) atoms. The highest BCUT2D eigenvalue weighted by atomic mass is 79.9. The molecule has 0 heterocycles. The van der Waals surface area contributed by atoms with Gasteiger partial charge in [0.05, 0.1) is 6.61 Å². The molecular weight excluding hydrogens is 253 g/mol. The smallest absolute Gasteiger partial charge is 0.0556 e. The van der Waals surface area contributed by atoms with Gasteiger partial charge in [0.25, 0.3) is 0 Å². The van der Waals surface area contributed by atoms with Crippen LogP contribution < -0.4 is 5.32 Å². The van der Waals surface area contributed by atoms with E-state index in [9.17, 15) is 0 Å². The lowest BCUT2D eigenvalue weighted by Crippen LogP contribution is -2.17. The Morgan fingerprint density at radius 2 is 2.23 bits per heavy atom. The summed E-state index contributed by atoms with van der Waals surface area (Å²) < 4.78 is 0.975. The van der Waals surface area contributed by atoms with Crippen LogP contribution in [-0.2, 0) is 6.54 Å². The minimum Gasteiger partial charge on any atom is -0.395 e. The summed E-state index contributed by atoms with van der Waals surface area (Å²) in [5, 5.41) is 12.4. The molecule has 0 amide bonds. The molecule has 0 aliphatic rings. The predicted octanol–water partition coefficient (Wildman–Crippen LogP) is 2.18. The second kappa shape index (κ2) is 5.60. The largest absolute Gasteiger partial charge is 0.395 e. The van der Waals surface area contributed by atoms with Crippen LogP contribution in [0.4, 0.5) is 0 Å². The Labute approximate surface area is 91.0 Å². The maximum absolute atomic E-state index is 8.55. The van der Waals surface area contributed by atoms with E-state index >= 15 is 0 Å². The average molecular weight is 265 g/mol. The van der Waals surface area contributed by atoms with E-state index in [2.05, 4.69) is 21.2 Å². The van der Waals surface area contributed by atoms with E-state index in [-0.39, 0.29) is 6.61 Å². The molecule has 1 aromatic carbocycles. The molecule has 0 aromatic heterocycles. The molecular formula is C9H11BrClNO. The van der Waals surface area contributed by atoms with Crippen LogP contribution in [0.15, 0.2) is 22.7 Å². The molecule has 4 heteroatoms. The molecule has 1 rings (SSSR count). The lowest BCUT2D eigenvalue weighted by molar-refractivity contribution is 0.292. The van der Waals surface area contributed by atoms with Crippen LogP contribution in [0.3, 0.4) is 0 Å². The zero-order valence-corrected chi connectivity index (χ0v) is 9.40. The van der Waals surface area contributed by atoms with Crippen molar-refractivity contribution in [3.8, 4) is 0 Å². The second-order valence-electron chi connectivity index (χ2n) is 2.64. The van der Waals surface area contributed by atoms with E-state index in [1.165, 1.54) is 0 Å². The van der Waals surface area contributed by atoms with Crippen LogP contribution in [0.5, 0.6) is 0 Å². The van der Waals surface area contributed by atoms with Gasteiger partial charge in [-0.05, 0) is 17.7 Å². The van der Waals surface area contributed by atoms with Crippen LogP contribution >= 0.6 is 27.5 Å². The quantitative estimate of drug-likeness (QED) is 0.817. The van der Waals surface area contributed by atoms with Gasteiger partial charge in [0, 0.05) is 22.6 Å². The molecule has 0 bridgehead atoms. The van der Waals surface area contributed by atoms with Crippen molar-refractivity contribution in [1.82, 2.24) is 5.32 Å². The highest BCUT2D eigenvalue weighted by Crippen LogP contribution is 2.20. The molecule has 0 spiro atoms. The lowest BCUT2D eigenvalue weighted by atomic mass is 10.2. The third-order valence-corrected chi connectivity index (χ3v) is 2.46. The van der Waals surface area contributed by atoms with Crippen molar-refractivity contribution in [1.29, 1.82) is 0 Å². The van der Waals surface area contributed by atoms with Gasteiger partial charge in [0.1, 0.15) is 0 Å². The van der Waals surface area contributed by atoms with Gasteiger partial charge in [0.2, 0.25) is 0 Å². The summed E-state index contributed by atoms with van der Waals surface area (Å²) in [4.78, 5) is 0. The van der Waals surface area contributed by atoms with Crippen molar-refractivity contribution < 1.29 is 5.11 Å². The fourth-order valence-electron chi connectivity index (χ4n) is 0.967. The third-order valence-electron chi connectivity index (χ3n) is 1.62. The zero-order chi connectivity index (χ0) is 9.68. The van der Waals surface area contributed by atoms with Crippen LogP contribution in [0.25, 0.3) is 0 Å². The van der Waals surface area contributed by atoms with Crippen molar-refractivity contribution in [2.75, 3.05) is 13.2 Å². The first-order valence-corrected chi connectivity index (χ1v) is 5.16. The summed E-state index contributed by atoms with van der Waals surface area (Å²) in [5.74, 6) is 0. The molecule has 0 radical (unpaired) electrons. The first-order valence-electron chi connectivity index (χ1n) is 3.99. The number of halogens is 2. The van der Waals surface area contributed by atoms with Gasteiger partial charge in [0.15, 0.2) is 0 Å². The number of rotatable bonds is 4. The Balaban J connectivity index is 2.56. The number of hydrogen-bond acceptors (Lipinski definition) is 2. The van der Waals surface area contributed by atoms with Crippen LogP contribution in [0.1, 0.15) is 5.56 Å².